The molecule has 0 atom stereocenters. The molecule has 145 heavy (non-hydrogen) atoms. The molecule has 736 valence electrons. The van der Waals surface area contributed by atoms with Crippen LogP contribution in [0.5, 0.6) is 11.5 Å². The Labute approximate surface area is 812 Å². The van der Waals surface area contributed by atoms with E-state index in [0.29, 0.717) is 109 Å². The number of aryl methyl sites for hydroxylation is 5. The maximum Gasteiger partial charge on any atom is 0.573 e. The van der Waals surface area contributed by atoms with Gasteiger partial charge in [0.25, 0.3) is 0 Å². The van der Waals surface area contributed by atoms with Crippen LogP contribution < -0.4 is 46.5 Å². The Morgan fingerprint density at radius 3 is 1.29 bits per heavy atom. The van der Waals surface area contributed by atoms with Crippen molar-refractivity contribution in [3.8, 4) is 63.0 Å². The minimum absolute atomic E-state index is 0.00284. The molecule has 0 bridgehead atoms. The van der Waals surface area contributed by atoms with E-state index in [-0.39, 0.29) is 23.7 Å². The molecule has 44 heteroatoms. The Morgan fingerprint density at radius 2 is 0.828 bits per heavy atom. The van der Waals surface area contributed by atoms with E-state index in [0.717, 1.165) is 127 Å². The number of nitrogens with one attached hydrogen (secondary N) is 5. The fraction of sp³-hybridized carbons (Fsp3) is 0.139. The van der Waals surface area contributed by atoms with E-state index in [1.54, 1.807) is 62.0 Å². The summed E-state index contributed by atoms with van der Waals surface area (Å²) in [5.74, 6) is 2.36. The van der Waals surface area contributed by atoms with E-state index in [4.69, 9.17) is 5.73 Å². The van der Waals surface area contributed by atoms with Gasteiger partial charge in [-0.25, -0.2) is 52.8 Å². The van der Waals surface area contributed by atoms with Crippen molar-refractivity contribution in [3.63, 3.8) is 0 Å². The summed E-state index contributed by atoms with van der Waals surface area (Å²) >= 11 is 0. The molecular formula is C101H79F15N26O3. The first kappa shape index (κ1) is 99.8. The zero-order valence-corrected chi connectivity index (χ0v) is 76.5. The van der Waals surface area contributed by atoms with Crippen molar-refractivity contribution >= 4 is 96.1 Å². The summed E-state index contributed by atoms with van der Waals surface area (Å²) in [6.07, 6.45) is 1.65. The number of halogens is 15. The molecule has 29 nitrogen and oxygen atoms in total. The number of hydrogen-bond acceptors (Lipinski definition) is 23. The van der Waals surface area contributed by atoms with Crippen LogP contribution >= 0.6 is 0 Å². The monoisotopic (exact) mass is 1990 g/mol. The standard InChI is InChI=1S/C22H16F3N5.C20H17F3N6.2C20H16F3N5O.C19H14F3N5O/c1-2-17-21(19-5-3-4-10-30(19)29-17)18-11-14(13-26)12-20(28-18)27-16-8-6-15(7-9-16)22(23,24)25;1-12-26-16-4-2-3-5-17(16)29(12)19-11-25-10-18(28-19)27-14-6-7-15(20(21,22)23)13(8-14)9-24;1-2-15-19(17-5-3-4-10-28(17)27-15)16-11-24-12-18(26-16)25-13-6-8-14(9-7-13)29-20(21,22)23;1-2-14-19(16-5-3-4-8-28(16)27-14)15-10-24-11-18(26-15)25-12-6-7-17(13(21)9-12)29-20(22)23;1-12-23-15-4-2-3-5-16(15)27(12)18-11-26(28)10-17(25-18)24-14-8-6-13(7-9-14)19(20,21)22/h3-12H,2H2,1H3,(H,27,28);2-8,10-11H,9,24H2,1H3,(H,27,28);3-12H,2H2,1H3,(H,25,26);3-11,20H,2H2,1H3,(H,25,26);2-11H,1H3,(H,24,25). The smallest absolute Gasteiger partial charge is 0.573 e. The number of pyridine rings is 4. The van der Waals surface area contributed by atoms with Crippen LogP contribution in [0.2, 0.25) is 0 Å². The van der Waals surface area contributed by atoms with Crippen LogP contribution in [0.25, 0.3) is 84.0 Å². The Bertz CT molecular complexity index is 8060. The van der Waals surface area contributed by atoms with Crippen molar-refractivity contribution in [2.24, 2.45) is 5.73 Å². The molecule has 20 aromatic rings. The molecule has 13 heterocycles. The molecule has 0 spiro atoms. The predicted molar refractivity (Wildman–Crippen MR) is 512 cm³/mol. The number of nitrogens with two attached hydrogens (primary N) is 1. The summed E-state index contributed by atoms with van der Waals surface area (Å²) in [5, 5.41) is 50.1. The number of nitrogens with zero attached hydrogens (tertiary/aromatic N) is 20. The second kappa shape index (κ2) is 42.9. The van der Waals surface area contributed by atoms with Crippen LogP contribution in [0, 0.1) is 36.2 Å². The molecule has 0 aliphatic heterocycles. The average Bonchev–Trinajstić information content (AvgIpc) is 1.66. The second-order valence-corrected chi connectivity index (χ2v) is 31.6. The van der Waals surface area contributed by atoms with E-state index in [9.17, 15) is 76.3 Å². The van der Waals surface area contributed by atoms with Gasteiger partial charge in [0.15, 0.2) is 29.0 Å². The highest BCUT2D eigenvalue weighted by atomic mass is 19.4. The van der Waals surface area contributed by atoms with Crippen molar-refractivity contribution in [2.75, 3.05) is 26.6 Å². The lowest BCUT2D eigenvalue weighted by Gasteiger charge is -2.14. The molecule has 13 aromatic heterocycles. The van der Waals surface area contributed by atoms with Crippen molar-refractivity contribution in [1.29, 1.82) is 5.26 Å². The number of rotatable bonds is 22. The van der Waals surface area contributed by atoms with E-state index in [1.807, 2.05) is 154 Å². The molecule has 0 aliphatic carbocycles. The quantitative estimate of drug-likeness (QED) is 0.0208. The third-order valence-corrected chi connectivity index (χ3v) is 21.8. The average molecular weight is 1990 g/mol. The molecule has 0 radical (unpaired) electrons. The molecule has 20 rings (SSSR count). The third-order valence-electron chi connectivity index (χ3n) is 21.8. The Morgan fingerprint density at radius 1 is 0.421 bits per heavy atom. The van der Waals surface area contributed by atoms with E-state index >= 15 is 0 Å². The Hall–Kier alpha value is -18.2. The van der Waals surface area contributed by atoms with Crippen LogP contribution in [0.15, 0.2) is 293 Å². The topological polar surface area (TPSA) is 346 Å². The van der Waals surface area contributed by atoms with Crippen molar-refractivity contribution in [2.45, 2.75) is 91.9 Å². The largest absolute Gasteiger partial charge is 0.619 e. The van der Waals surface area contributed by atoms with Gasteiger partial charge in [0.1, 0.15) is 34.9 Å². The van der Waals surface area contributed by atoms with Gasteiger partial charge < -0.3 is 47.0 Å². The zero-order valence-electron chi connectivity index (χ0n) is 76.5. The first-order chi connectivity index (χ1) is 69.5. The van der Waals surface area contributed by atoms with Gasteiger partial charge in [-0.3, -0.25) is 24.1 Å². The Balaban J connectivity index is 0.000000130. The minimum atomic E-state index is -4.72. The summed E-state index contributed by atoms with van der Waals surface area (Å²) in [6, 6.07) is 59.6. The molecule has 0 fully saturated rings. The van der Waals surface area contributed by atoms with Gasteiger partial charge in [0, 0.05) is 65.2 Å². The predicted octanol–water partition coefficient (Wildman–Crippen LogP) is 23.9. The van der Waals surface area contributed by atoms with Crippen molar-refractivity contribution < 1.29 is 80.1 Å². The van der Waals surface area contributed by atoms with Gasteiger partial charge in [-0.2, -0.15) is 73.6 Å². The summed E-state index contributed by atoms with van der Waals surface area (Å²) in [4.78, 5) is 44.4. The molecule has 7 aromatic carbocycles. The highest BCUT2D eigenvalue weighted by Gasteiger charge is 2.35. The fourth-order valence-corrected chi connectivity index (χ4v) is 15.5. The van der Waals surface area contributed by atoms with Gasteiger partial charge in [0.2, 0.25) is 18.2 Å². The lowest BCUT2D eigenvalue weighted by molar-refractivity contribution is -0.604. The first-order valence-corrected chi connectivity index (χ1v) is 44.0. The number of alkyl halides is 14. The Kier molecular flexibility index (Phi) is 29.5. The van der Waals surface area contributed by atoms with E-state index in [1.165, 1.54) is 91.5 Å². The summed E-state index contributed by atoms with van der Waals surface area (Å²) in [6.45, 7) is 6.36. The van der Waals surface area contributed by atoms with Gasteiger partial charge in [-0.15, -0.1) is 13.2 Å². The van der Waals surface area contributed by atoms with Crippen molar-refractivity contribution in [3.05, 3.63) is 360 Å². The van der Waals surface area contributed by atoms with Gasteiger partial charge in [-0.1, -0.05) is 63.2 Å². The maximum absolute atomic E-state index is 13.9. The number of para-hydroxylation sites is 4. The molecular weight excluding hydrogens is 1910 g/mol. The number of aromatic nitrogens is 19. The van der Waals surface area contributed by atoms with Crippen molar-refractivity contribution in [1.82, 2.24) is 87.8 Å². The molecule has 0 amide bonds. The molecule has 0 saturated heterocycles. The van der Waals surface area contributed by atoms with E-state index in [2.05, 4.69) is 107 Å². The molecule has 0 aliphatic rings. The van der Waals surface area contributed by atoms with Gasteiger partial charge in [-0.05, 0) is 215 Å². The zero-order chi connectivity index (χ0) is 103. The van der Waals surface area contributed by atoms with E-state index < -0.39 is 59.8 Å². The lowest BCUT2D eigenvalue weighted by Crippen LogP contribution is -2.27. The normalized spacial score (nSPS) is 11.5. The highest BCUT2D eigenvalue weighted by Crippen LogP contribution is 2.40. The molecule has 7 N–H and O–H groups in total. The van der Waals surface area contributed by atoms with Crippen LogP contribution in [0.3, 0.4) is 0 Å². The highest BCUT2D eigenvalue weighted by molar-refractivity contribution is 5.85. The number of ether oxygens (including phenoxy) is 2. The number of benzene rings is 7. The number of nitriles is 1. The summed E-state index contributed by atoms with van der Waals surface area (Å²) < 4.78 is 208. The first-order valence-electron chi connectivity index (χ1n) is 44.0. The lowest BCUT2D eigenvalue weighted by atomic mass is 10.1. The van der Waals surface area contributed by atoms with Gasteiger partial charge >= 0.3 is 31.5 Å². The van der Waals surface area contributed by atoms with Crippen LogP contribution in [0.1, 0.15) is 77.3 Å². The number of fused-ring (bicyclic) bond motifs is 5. The molecule has 0 saturated carbocycles. The van der Waals surface area contributed by atoms with Crippen LogP contribution in [0.4, 0.5) is 123 Å². The fourth-order valence-electron chi connectivity index (χ4n) is 15.5. The summed E-state index contributed by atoms with van der Waals surface area (Å²) in [5.41, 5.74) is 18.8. The number of imidazole rings is 2. The van der Waals surface area contributed by atoms with Crippen LogP contribution in [-0.2, 0) is 44.3 Å². The number of hydrogen-bond donors (Lipinski definition) is 6. The van der Waals surface area contributed by atoms with Gasteiger partial charge in [0.05, 0.1) is 149 Å². The van der Waals surface area contributed by atoms with Crippen LogP contribution in [-0.4, -0.2) is 101 Å². The summed E-state index contributed by atoms with van der Waals surface area (Å²) in [7, 11) is 0. The minimum Gasteiger partial charge on any atom is -0.619 e. The molecule has 0 unspecified atom stereocenters. The number of anilines is 10. The SMILES string of the molecule is CCc1nn2ccccc2c1-c1cc(C#N)cc(Nc2ccc(C(F)(F)F)cc2)n1.CCc1nn2ccccc2c1-c1cncc(Nc2ccc(OC(F)(F)F)cc2)n1.CCc1nn2ccccc2c1-c1cncc(Nc2ccc(OC(F)F)c(F)c2)n1.Cc1nc2ccccc2n1-c1c[n+]([O-])cc(Nc2ccc(C(F)(F)F)cc2)n1.Cc1nc2ccccc2n1-c1cncc(Nc2ccc(C(F)(F)F)c(CN)c2)n1. The maximum atomic E-state index is 13.9. The second-order valence-electron chi connectivity index (χ2n) is 31.6. The third kappa shape index (κ3) is 23.9.